The topological polar surface area (TPSA) is 9.23 Å². The fourth-order valence-corrected chi connectivity index (χ4v) is 2.48. The van der Waals surface area contributed by atoms with Crippen LogP contribution < -0.4 is 0 Å². The average molecular weight is 294 g/mol. The zero-order valence-electron chi connectivity index (χ0n) is 13.0. The lowest BCUT2D eigenvalue weighted by Gasteiger charge is -2.14. The first kappa shape index (κ1) is 15.5. The smallest absolute Gasteiger partial charge is 0.184 e. The first-order valence-electron chi connectivity index (χ1n) is 7.25. The second-order valence-corrected chi connectivity index (χ2v) is 10.4. The van der Waals surface area contributed by atoms with Gasteiger partial charge in [0, 0.05) is 0 Å². The largest absolute Gasteiger partial charge is 0.413 e. The lowest BCUT2D eigenvalue weighted by atomic mass is 10.0. The Kier molecular flexibility index (Phi) is 5.35. The summed E-state index contributed by atoms with van der Waals surface area (Å²) in [5.74, 6) is 0. The maximum Gasteiger partial charge on any atom is 0.184 e. The first-order valence-corrected chi connectivity index (χ1v) is 10.7. The molecule has 0 radical (unpaired) electrons. The van der Waals surface area contributed by atoms with Crippen molar-refractivity contribution in [3.05, 3.63) is 72.0 Å². The van der Waals surface area contributed by atoms with E-state index in [0.29, 0.717) is 6.61 Å². The molecule has 0 unspecified atom stereocenters. The van der Waals surface area contributed by atoms with Crippen LogP contribution in [0.15, 0.2) is 66.4 Å². The van der Waals surface area contributed by atoms with Crippen LogP contribution in [0.25, 0.3) is 17.2 Å². The second-order valence-electron chi connectivity index (χ2n) is 5.93. The highest BCUT2D eigenvalue weighted by Gasteiger charge is 2.11. The van der Waals surface area contributed by atoms with Crippen LogP contribution in [0.5, 0.6) is 0 Å². The molecule has 2 aromatic carbocycles. The Labute approximate surface area is 128 Å². The van der Waals surface area contributed by atoms with E-state index in [-0.39, 0.29) is 0 Å². The van der Waals surface area contributed by atoms with Crippen LogP contribution >= 0.6 is 0 Å². The zero-order valence-corrected chi connectivity index (χ0v) is 14.0. The zero-order chi connectivity index (χ0) is 15.1. The van der Waals surface area contributed by atoms with Gasteiger partial charge >= 0.3 is 0 Å². The Morgan fingerprint density at radius 1 is 0.905 bits per heavy atom. The van der Waals surface area contributed by atoms with Crippen LogP contribution in [-0.2, 0) is 4.43 Å². The van der Waals surface area contributed by atoms with Crippen LogP contribution in [0, 0.1) is 0 Å². The minimum atomic E-state index is -1.42. The molecule has 2 heteroatoms. The molecule has 108 valence electrons. The first-order chi connectivity index (χ1) is 10.0. The molecule has 1 nitrogen and oxygen atoms in total. The lowest BCUT2D eigenvalue weighted by Crippen LogP contribution is -2.25. The highest BCUT2D eigenvalue weighted by molar-refractivity contribution is 6.69. The minimum Gasteiger partial charge on any atom is -0.413 e. The Balaban J connectivity index is 1.98. The van der Waals surface area contributed by atoms with Crippen molar-refractivity contribution in [1.29, 1.82) is 0 Å². The Hall–Kier alpha value is -1.86. The highest BCUT2D eigenvalue weighted by Crippen LogP contribution is 2.19. The molecular formula is C19H22OSi. The van der Waals surface area contributed by atoms with Crippen molar-refractivity contribution in [2.75, 3.05) is 6.61 Å². The summed E-state index contributed by atoms with van der Waals surface area (Å²) in [4.78, 5) is 0. The standard InChI is InChI=1S/C19H22OSi/c1-21(2,3)20-16-8-7-9-17-12-14-19(15-13-17)18-10-5-4-6-11-18/h4-6,8-15H,16H2,1-3H3. The molecule has 0 saturated heterocycles. The fourth-order valence-electron chi connectivity index (χ4n) is 1.90. The van der Waals surface area contributed by atoms with Crippen molar-refractivity contribution in [3.8, 4) is 11.1 Å². The van der Waals surface area contributed by atoms with E-state index in [1.807, 2.05) is 18.2 Å². The van der Waals surface area contributed by atoms with E-state index in [0.717, 1.165) is 5.56 Å². The summed E-state index contributed by atoms with van der Waals surface area (Å²) in [5.41, 5.74) is 6.81. The normalized spacial score (nSPS) is 10.8. The molecule has 0 aromatic heterocycles. The van der Waals surface area contributed by atoms with Gasteiger partial charge in [0.2, 0.25) is 0 Å². The van der Waals surface area contributed by atoms with Crippen LogP contribution in [0.3, 0.4) is 0 Å². The summed E-state index contributed by atoms with van der Waals surface area (Å²) >= 11 is 0. The van der Waals surface area contributed by atoms with Gasteiger partial charge in [-0.05, 0) is 48.5 Å². The predicted molar refractivity (Wildman–Crippen MR) is 93.7 cm³/mol. The molecule has 0 aliphatic rings. The average Bonchev–Trinajstić information content (AvgIpc) is 2.47. The Morgan fingerprint density at radius 3 is 2.14 bits per heavy atom. The molecule has 0 amide bonds. The molecule has 21 heavy (non-hydrogen) atoms. The number of rotatable bonds is 5. The number of benzene rings is 2. The lowest BCUT2D eigenvalue weighted by molar-refractivity contribution is 0.358. The van der Waals surface area contributed by atoms with Crippen molar-refractivity contribution in [2.45, 2.75) is 19.6 Å². The summed E-state index contributed by atoms with van der Waals surface area (Å²) in [7, 11) is -1.42. The van der Waals surface area contributed by atoms with E-state index in [9.17, 15) is 0 Å². The summed E-state index contributed by atoms with van der Waals surface area (Å²) in [6.07, 6.45) is 3.94. The van der Waals surface area contributed by atoms with Gasteiger partial charge in [0.15, 0.2) is 8.32 Å². The van der Waals surface area contributed by atoms with Crippen molar-refractivity contribution in [2.24, 2.45) is 0 Å². The van der Waals surface area contributed by atoms with Crippen LogP contribution in [0.2, 0.25) is 19.6 Å². The van der Waals surface area contributed by atoms with Crippen molar-refractivity contribution >= 4 is 14.4 Å². The van der Waals surface area contributed by atoms with E-state index in [1.165, 1.54) is 11.1 Å². The molecule has 0 N–H and O–H groups in total. The van der Waals surface area contributed by atoms with Gasteiger partial charge in [0.1, 0.15) is 0 Å². The summed E-state index contributed by atoms with van der Waals surface area (Å²) in [5, 5.41) is 0. The number of hydrogen-bond donors (Lipinski definition) is 0. The van der Waals surface area contributed by atoms with Crippen LogP contribution in [0.4, 0.5) is 0 Å². The summed E-state index contributed by atoms with van der Waals surface area (Å²) in [6.45, 7) is 7.21. The van der Waals surface area contributed by atoms with E-state index < -0.39 is 8.32 Å². The van der Waals surface area contributed by atoms with E-state index in [1.54, 1.807) is 0 Å². The van der Waals surface area contributed by atoms with Gasteiger partial charge in [-0.3, -0.25) is 0 Å². The van der Waals surface area contributed by atoms with Crippen molar-refractivity contribution in [3.63, 3.8) is 0 Å². The van der Waals surface area contributed by atoms with Gasteiger partial charge < -0.3 is 4.43 Å². The van der Waals surface area contributed by atoms with E-state index >= 15 is 0 Å². The second kappa shape index (κ2) is 7.23. The van der Waals surface area contributed by atoms with Gasteiger partial charge in [0.05, 0.1) is 6.61 Å². The van der Waals surface area contributed by atoms with Gasteiger partial charge in [0.25, 0.3) is 0 Å². The maximum absolute atomic E-state index is 5.75. The Morgan fingerprint density at radius 2 is 1.52 bits per heavy atom. The fraction of sp³-hybridized carbons (Fsp3) is 0.211. The molecule has 0 atom stereocenters. The summed E-state index contributed by atoms with van der Waals surface area (Å²) in [6, 6.07) is 18.9. The van der Waals surface area contributed by atoms with Gasteiger partial charge in [-0.25, -0.2) is 0 Å². The van der Waals surface area contributed by atoms with Crippen LogP contribution in [0.1, 0.15) is 5.56 Å². The molecule has 0 spiro atoms. The third-order valence-electron chi connectivity index (χ3n) is 2.99. The molecule has 0 heterocycles. The minimum absolute atomic E-state index is 0.647. The molecule has 2 rings (SSSR count). The number of hydrogen-bond acceptors (Lipinski definition) is 1. The summed E-state index contributed by atoms with van der Waals surface area (Å²) < 4.78 is 5.75. The molecule has 0 bridgehead atoms. The van der Waals surface area contributed by atoms with Crippen molar-refractivity contribution < 1.29 is 4.43 Å². The van der Waals surface area contributed by atoms with Crippen molar-refractivity contribution in [1.82, 2.24) is 0 Å². The van der Waals surface area contributed by atoms with Crippen LogP contribution in [-0.4, -0.2) is 14.9 Å². The molecule has 2 aromatic rings. The van der Waals surface area contributed by atoms with Gasteiger partial charge in [-0.15, -0.1) is 5.73 Å². The quantitative estimate of drug-likeness (QED) is 0.532. The SMILES string of the molecule is C[Si](C)(C)OCC=C=Cc1ccc(-c2ccccc2)cc1. The highest BCUT2D eigenvalue weighted by atomic mass is 28.4. The molecule has 0 aliphatic carbocycles. The maximum atomic E-state index is 5.75. The van der Waals surface area contributed by atoms with E-state index in [2.05, 4.69) is 73.9 Å². The van der Waals surface area contributed by atoms with Gasteiger partial charge in [-0.2, -0.15) is 0 Å². The third kappa shape index (κ3) is 5.56. The molecule has 0 aliphatic heterocycles. The molecule has 0 fully saturated rings. The van der Waals surface area contributed by atoms with Gasteiger partial charge in [-0.1, -0.05) is 54.6 Å². The monoisotopic (exact) mass is 294 g/mol. The van der Waals surface area contributed by atoms with E-state index in [4.69, 9.17) is 4.43 Å². The molecular weight excluding hydrogens is 272 g/mol. The molecule has 0 saturated carbocycles. The Bertz CT molecular complexity index is 615. The predicted octanol–water partition coefficient (Wildman–Crippen LogP) is 5.37. The third-order valence-corrected chi connectivity index (χ3v) is 4.02.